The maximum atomic E-state index is 9.71. The highest BCUT2D eigenvalue weighted by atomic mass is 16.3. The van der Waals surface area contributed by atoms with Gasteiger partial charge < -0.3 is 15.7 Å². The number of hydrogen-bond donors (Lipinski definition) is 4. The van der Waals surface area contributed by atoms with Crippen molar-refractivity contribution in [1.29, 1.82) is 0 Å². The molecule has 1 aliphatic carbocycles. The first-order valence-electron chi connectivity index (χ1n) is 9.65. The largest absolute Gasteiger partial charge is 0.393 e. The Morgan fingerprint density at radius 2 is 2.21 bits per heavy atom. The predicted octanol–water partition coefficient (Wildman–Crippen LogP) is 3.72. The number of aliphatic hydroxyl groups is 1. The molecule has 0 unspecified atom stereocenters. The molecule has 0 radical (unpaired) electrons. The zero-order valence-corrected chi connectivity index (χ0v) is 15.7. The van der Waals surface area contributed by atoms with Crippen LogP contribution in [0.2, 0.25) is 0 Å². The lowest BCUT2D eigenvalue weighted by Gasteiger charge is -2.12. The second kappa shape index (κ2) is 6.79. The molecule has 2 atom stereocenters. The third kappa shape index (κ3) is 3.16. The lowest BCUT2D eigenvalue weighted by atomic mass is 10.1. The molecule has 0 spiro atoms. The molecule has 1 aliphatic rings. The molecule has 5 rings (SSSR count). The summed E-state index contributed by atoms with van der Waals surface area (Å²) in [4.78, 5) is 4.58. The summed E-state index contributed by atoms with van der Waals surface area (Å²) >= 11 is 0. The van der Waals surface area contributed by atoms with Crippen LogP contribution < -0.4 is 10.6 Å². The zero-order chi connectivity index (χ0) is 19.1. The van der Waals surface area contributed by atoms with E-state index < -0.39 is 0 Å². The van der Waals surface area contributed by atoms with Crippen LogP contribution in [0.3, 0.4) is 0 Å². The van der Waals surface area contributed by atoms with E-state index in [0.29, 0.717) is 11.9 Å². The lowest BCUT2D eigenvalue weighted by Crippen LogP contribution is -2.14. The highest BCUT2D eigenvalue weighted by molar-refractivity contribution is 5.85. The van der Waals surface area contributed by atoms with Crippen LogP contribution in [0.5, 0.6) is 0 Å². The fraction of sp³-hybridized carbons (Fsp3) is 0.350. The average molecular weight is 381 g/mol. The fourth-order valence-electron chi connectivity index (χ4n) is 3.93. The smallest absolute Gasteiger partial charge is 0.247 e. The highest BCUT2D eigenvalue weighted by Crippen LogP contribution is 2.26. The molecular weight excluding hydrogens is 354 g/mol. The van der Waals surface area contributed by atoms with Crippen LogP contribution in [0.25, 0.3) is 16.6 Å². The molecule has 4 aromatic rings. The van der Waals surface area contributed by atoms with Gasteiger partial charge >= 0.3 is 0 Å². The summed E-state index contributed by atoms with van der Waals surface area (Å²) in [5.41, 5.74) is 3.63. The van der Waals surface area contributed by atoms with Gasteiger partial charge in [0.25, 0.3) is 0 Å². The number of aromatic nitrogens is 5. The Hall–Kier alpha value is -3.13. The van der Waals surface area contributed by atoms with Gasteiger partial charge in [-0.1, -0.05) is 6.07 Å². The van der Waals surface area contributed by atoms with Crippen molar-refractivity contribution in [3.05, 3.63) is 42.1 Å². The molecule has 8 heteroatoms. The van der Waals surface area contributed by atoms with E-state index in [9.17, 15) is 5.11 Å². The van der Waals surface area contributed by atoms with Crippen LogP contribution in [-0.4, -0.2) is 42.6 Å². The van der Waals surface area contributed by atoms with Gasteiger partial charge in [-0.2, -0.15) is 14.6 Å². The number of anilines is 3. The molecule has 28 heavy (non-hydrogen) atoms. The van der Waals surface area contributed by atoms with Crippen molar-refractivity contribution in [2.24, 2.45) is 5.92 Å². The zero-order valence-electron chi connectivity index (χ0n) is 15.7. The van der Waals surface area contributed by atoms with Gasteiger partial charge in [0.15, 0.2) is 5.65 Å². The van der Waals surface area contributed by atoms with E-state index in [0.717, 1.165) is 59.6 Å². The summed E-state index contributed by atoms with van der Waals surface area (Å²) < 4.78 is 1.81. The molecule has 1 saturated carbocycles. The Kier molecular flexibility index (Phi) is 4.12. The van der Waals surface area contributed by atoms with E-state index in [1.54, 1.807) is 0 Å². The quantitative estimate of drug-likeness (QED) is 0.420. The van der Waals surface area contributed by atoms with Crippen LogP contribution in [0.1, 0.15) is 27.8 Å². The second-order valence-corrected chi connectivity index (χ2v) is 7.54. The van der Waals surface area contributed by atoms with E-state index in [4.69, 9.17) is 0 Å². The number of aliphatic hydroxyl groups excluding tert-OH is 1. The number of aromatic amines is 1. The Balaban J connectivity index is 0.00000128. The SMILES string of the molecule is Cc1[nH]nc2cc(Nc3nc4cccc(NC[C@H]5CC[C@H](O)C5)n4n3)ccc12.[HH].[HH]. The number of fused-ring (bicyclic) bond motifs is 2. The highest BCUT2D eigenvalue weighted by Gasteiger charge is 2.22. The van der Waals surface area contributed by atoms with Crippen LogP contribution in [-0.2, 0) is 0 Å². The summed E-state index contributed by atoms with van der Waals surface area (Å²) in [7, 11) is 0. The van der Waals surface area contributed by atoms with Gasteiger partial charge in [0, 0.05) is 26.2 Å². The van der Waals surface area contributed by atoms with Crippen molar-refractivity contribution in [3.8, 4) is 0 Å². The third-order valence-corrected chi connectivity index (χ3v) is 5.45. The standard InChI is InChI=1S/C20H23N7O.2H2/c1-12-16-8-6-14(10-17(16)25-24-12)22-20-23-19-4-2-3-18(27(19)26-20)21-11-13-5-7-15(28)9-13;;/h2-4,6,8,10,13,15,21,28H,5,7,9,11H2,1H3,(H,22,26)(H,24,25);2*1H/t13-,15-;;/m0../s1. The number of hydrogen-bond acceptors (Lipinski definition) is 6. The molecule has 3 heterocycles. The molecule has 3 aromatic heterocycles. The minimum Gasteiger partial charge on any atom is -0.393 e. The number of nitrogens with one attached hydrogen (secondary N) is 3. The summed E-state index contributed by atoms with van der Waals surface area (Å²) in [6.45, 7) is 2.83. The molecule has 8 nitrogen and oxygen atoms in total. The van der Waals surface area contributed by atoms with Crippen molar-refractivity contribution in [1.82, 2.24) is 24.8 Å². The van der Waals surface area contributed by atoms with Gasteiger partial charge in [-0.15, -0.1) is 5.10 Å². The van der Waals surface area contributed by atoms with Crippen LogP contribution in [0.15, 0.2) is 36.4 Å². The topological polar surface area (TPSA) is 103 Å². The number of aryl methyl sites for hydroxylation is 1. The third-order valence-electron chi connectivity index (χ3n) is 5.45. The molecule has 0 bridgehead atoms. The van der Waals surface area contributed by atoms with E-state index in [1.807, 2.05) is 47.8 Å². The van der Waals surface area contributed by atoms with Crippen LogP contribution in [0.4, 0.5) is 17.5 Å². The van der Waals surface area contributed by atoms with Crippen molar-refractivity contribution >= 4 is 34.0 Å². The van der Waals surface area contributed by atoms with E-state index in [2.05, 4.69) is 30.9 Å². The lowest BCUT2D eigenvalue weighted by molar-refractivity contribution is 0.178. The minimum absolute atomic E-state index is 0. The molecule has 1 aromatic carbocycles. The van der Waals surface area contributed by atoms with E-state index in [1.165, 1.54) is 0 Å². The fourth-order valence-corrected chi connectivity index (χ4v) is 3.93. The Bertz CT molecular complexity index is 1140. The number of benzene rings is 1. The monoisotopic (exact) mass is 381 g/mol. The Labute approximate surface area is 165 Å². The van der Waals surface area contributed by atoms with Crippen molar-refractivity contribution < 1.29 is 7.96 Å². The summed E-state index contributed by atoms with van der Waals surface area (Å²) in [5.74, 6) is 1.94. The maximum absolute atomic E-state index is 9.71. The van der Waals surface area contributed by atoms with Crippen molar-refractivity contribution in [3.63, 3.8) is 0 Å². The molecular formula is C20H27N7O. The number of pyridine rings is 1. The molecule has 0 saturated heterocycles. The van der Waals surface area contributed by atoms with Gasteiger partial charge in [0.05, 0.1) is 11.6 Å². The van der Waals surface area contributed by atoms with Gasteiger partial charge in [-0.25, -0.2) is 0 Å². The Morgan fingerprint density at radius 1 is 1.29 bits per heavy atom. The first-order chi connectivity index (χ1) is 13.7. The second-order valence-electron chi connectivity index (χ2n) is 7.54. The maximum Gasteiger partial charge on any atom is 0.247 e. The number of H-pyrrole nitrogens is 1. The van der Waals surface area contributed by atoms with Crippen molar-refractivity contribution in [2.45, 2.75) is 32.3 Å². The Morgan fingerprint density at radius 3 is 3.07 bits per heavy atom. The normalized spacial score (nSPS) is 19.5. The van der Waals surface area contributed by atoms with E-state index >= 15 is 0 Å². The van der Waals surface area contributed by atoms with Gasteiger partial charge in [0.2, 0.25) is 5.95 Å². The average Bonchev–Trinajstić information content (AvgIpc) is 3.39. The van der Waals surface area contributed by atoms with Gasteiger partial charge in [0.1, 0.15) is 5.82 Å². The first-order valence-corrected chi connectivity index (χ1v) is 9.65. The summed E-state index contributed by atoms with van der Waals surface area (Å²) in [6, 6.07) is 11.9. The molecule has 0 amide bonds. The molecule has 1 fully saturated rings. The minimum atomic E-state index is -0.152. The van der Waals surface area contributed by atoms with Crippen molar-refractivity contribution in [2.75, 3.05) is 17.2 Å². The molecule has 4 N–H and O–H groups in total. The summed E-state index contributed by atoms with van der Waals surface area (Å²) in [5, 5.41) is 29.5. The number of rotatable bonds is 5. The van der Waals surface area contributed by atoms with Gasteiger partial charge in [-0.05, 0) is 62.4 Å². The summed E-state index contributed by atoms with van der Waals surface area (Å²) in [6.07, 6.45) is 2.67. The van der Waals surface area contributed by atoms with Crippen LogP contribution in [0, 0.1) is 12.8 Å². The molecule has 0 aliphatic heterocycles. The predicted molar refractivity (Wildman–Crippen MR) is 113 cm³/mol. The first kappa shape index (κ1) is 17.0. The van der Waals surface area contributed by atoms with E-state index in [-0.39, 0.29) is 8.96 Å². The number of nitrogens with zero attached hydrogens (tertiary/aromatic N) is 4. The molecule has 148 valence electrons. The van der Waals surface area contributed by atoms with Gasteiger partial charge in [-0.3, -0.25) is 5.10 Å². The van der Waals surface area contributed by atoms with Crippen LogP contribution >= 0.6 is 0 Å².